The van der Waals surface area contributed by atoms with Gasteiger partial charge in [-0.1, -0.05) is 11.8 Å². The molecule has 0 spiro atoms. The molecule has 0 unspecified atom stereocenters. The van der Waals surface area contributed by atoms with Gasteiger partial charge in [-0.15, -0.1) is 0 Å². The first-order valence-electron chi connectivity index (χ1n) is 8.82. The number of guanidine groups is 2. The molecule has 0 radical (unpaired) electrons. The topological polar surface area (TPSA) is 118 Å². The van der Waals surface area contributed by atoms with Crippen molar-refractivity contribution in [1.82, 2.24) is 14.9 Å². The molecule has 0 aromatic carbocycles. The molecule has 0 saturated carbocycles. The summed E-state index contributed by atoms with van der Waals surface area (Å²) in [5.41, 5.74) is 10.6. The molecular formula is C15H19F9N8S. The first-order chi connectivity index (χ1) is 15.0. The lowest BCUT2D eigenvalue weighted by Gasteiger charge is -2.24. The van der Waals surface area contributed by atoms with Crippen molar-refractivity contribution in [2.45, 2.75) is 30.1 Å². The van der Waals surface area contributed by atoms with Gasteiger partial charge in [0.2, 0.25) is 0 Å². The summed E-state index contributed by atoms with van der Waals surface area (Å²) in [6.07, 6.45) is -12.7. The van der Waals surface area contributed by atoms with Crippen LogP contribution in [0.5, 0.6) is 0 Å². The molecule has 1 heterocycles. The van der Waals surface area contributed by atoms with Crippen LogP contribution in [0, 0.1) is 0 Å². The summed E-state index contributed by atoms with van der Waals surface area (Å²) in [7, 11) is 0. The Bertz CT molecular complexity index is 808. The van der Waals surface area contributed by atoms with E-state index in [2.05, 4.69) is 25.3 Å². The fraction of sp³-hybridized carbons (Fsp3) is 0.600. The van der Waals surface area contributed by atoms with Crippen LogP contribution >= 0.6 is 11.8 Å². The summed E-state index contributed by atoms with van der Waals surface area (Å²) < 4.78 is 111. The predicted octanol–water partition coefficient (Wildman–Crippen LogP) is 2.99. The first-order valence-corrected chi connectivity index (χ1v) is 9.80. The number of anilines is 1. The number of hydrogen-bond acceptors (Lipinski definition) is 5. The Kier molecular flexibility index (Phi) is 10.3. The van der Waals surface area contributed by atoms with E-state index in [-0.39, 0.29) is 29.7 Å². The van der Waals surface area contributed by atoms with Crippen molar-refractivity contribution in [2.75, 3.05) is 37.2 Å². The first kappa shape index (κ1) is 28.4. The Labute approximate surface area is 185 Å². The van der Waals surface area contributed by atoms with Gasteiger partial charge in [0.05, 0.1) is 0 Å². The van der Waals surface area contributed by atoms with Gasteiger partial charge in [0.1, 0.15) is 25.5 Å². The minimum atomic E-state index is -4.72. The largest absolute Gasteiger partial charge is 0.408 e. The molecule has 188 valence electrons. The van der Waals surface area contributed by atoms with Crippen LogP contribution in [-0.2, 0) is 0 Å². The summed E-state index contributed by atoms with van der Waals surface area (Å²) >= 11 is 0.977. The van der Waals surface area contributed by atoms with Crippen LogP contribution < -0.4 is 16.8 Å². The van der Waals surface area contributed by atoms with Crippen LogP contribution in [0.1, 0.15) is 6.42 Å². The van der Waals surface area contributed by atoms with Crippen molar-refractivity contribution in [3.05, 3.63) is 12.3 Å². The zero-order valence-corrected chi connectivity index (χ0v) is 17.4. The molecule has 0 aliphatic heterocycles. The zero-order valence-electron chi connectivity index (χ0n) is 16.6. The second kappa shape index (κ2) is 12.0. The van der Waals surface area contributed by atoms with E-state index in [1.165, 1.54) is 12.3 Å². The van der Waals surface area contributed by atoms with Gasteiger partial charge in [0, 0.05) is 18.5 Å². The summed E-state index contributed by atoms with van der Waals surface area (Å²) in [6, 6.07) is 1.29. The van der Waals surface area contributed by atoms with Gasteiger partial charge < -0.3 is 21.7 Å². The Balaban J connectivity index is 2.65. The fourth-order valence-electron chi connectivity index (χ4n) is 2.01. The van der Waals surface area contributed by atoms with E-state index in [1.807, 2.05) is 0 Å². The van der Waals surface area contributed by atoms with Gasteiger partial charge in [-0.05, 0) is 12.5 Å². The van der Waals surface area contributed by atoms with Crippen LogP contribution in [0.15, 0.2) is 27.4 Å². The Morgan fingerprint density at radius 1 is 0.970 bits per heavy atom. The third kappa shape index (κ3) is 14.2. The smallest absolute Gasteiger partial charge is 0.370 e. The highest BCUT2D eigenvalue weighted by atomic mass is 32.2. The van der Waals surface area contributed by atoms with Crippen LogP contribution in [-0.4, -0.2) is 77.2 Å². The normalized spacial score (nSPS) is 13.8. The number of alkyl halides is 9. The Hall–Kier alpha value is -2.66. The predicted molar refractivity (Wildman–Crippen MR) is 104 cm³/mol. The molecule has 0 aliphatic rings. The number of nitrogens with one attached hydrogen (secondary N) is 1. The standard InChI is InChI=1S/C15H19F9N8S/c16-13(17,18)6-28-10(25)30-9-2-3-27-12(31-9)33-5-1-4-32(8-15(22,23)24)11(26)29-7-14(19,20)21/h2-3H,1,4-8H2,(H2,26,29)(H3,25,27,28,30,31). The number of aromatic nitrogens is 2. The number of aliphatic imine (C=N–C) groups is 2. The molecule has 1 aromatic rings. The summed E-state index contributed by atoms with van der Waals surface area (Å²) in [5, 5.41) is 2.45. The number of nitrogens with zero attached hydrogens (tertiary/aromatic N) is 5. The Morgan fingerprint density at radius 3 is 2.15 bits per heavy atom. The highest BCUT2D eigenvalue weighted by molar-refractivity contribution is 7.99. The maximum Gasteiger partial charge on any atom is 0.408 e. The monoisotopic (exact) mass is 514 g/mol. The molecule has 0 fully saturated rings. The average Bonchev–Trinajstić information content (AvgIpc) is 2.65. The van der Waals surface area contributed by atoms with Crippen molar-refractivity contribution >= 4 is 29.5 Å². The molecular weight excluding hydrogens is 495 g/mol. The quantitative estimate of drug-likeness (QED) is 0.116. The maximum absolute atomic E-state index is 12.7. The highest BCUT2D eigenvalue weighted by Crippen LogP contribution is 2.20. The minimum absolute atomic E-state index is 0.0261. The lowest BCUT2D eigenvalue weighted by Crippen LogP contribution is -2.44. The number of nitrogens with two attached hydrogens (primary N) is 2. The van der Waals surface area contributed by atoms with Crippen molar-refractivity contribution in [1.29, 1.82) is 0 Å². The van der Waals surface area contributed by atoms with Gasteiger partial charge in [-0.25, -0.2) is 20.0 Å². The van der Waals surface area contributed by atoms with Crippen molar-refractivity contribution in [2.24, 2.45) is 21.5 Å². The van der Waals surface area contributed by atoms with Crippen molar-refractivity contribution in [3.8, 4) is 0 Å². The molecule has 0 atom stereocenters. The lowest BCUT2D eigenvalue weighted by atomic mass is 10.4. The number of halogens is 9. The van der Waals surface area contributed by atoms with E-state index in [9.17, 15) is 39.5 Å². The third-order valence-electron chi connectivity index (χ3n) is 3.24. The Morgan fingerprint density at radius 2 is 1.58 bits per heavy atom. The van der Waals surface area contributed by atoms with E-state index < -0.39 is 50.1 Å². The minimum Gasteiger partial charge on any atom is -0.370 e. The van der Waals surface area contributed by atoms with E-state index in [0.29, 0.717) is 4.90 Å². The molecule has 0 amide bonds. The summed E-state index contributed by atoms with van der Waals surface area (Å²) in [6.45, 7) is -5.15. The molecule has 1 aromatic heterocycles. The van der Waals surface area contributed by atoms with Crippen LogP contribution in [0.3, 0.4) is 0 Å². The van der Waals surface area contributed by atoms with Gasteiger partial charge in [-0.2, -0.15) is 39.5 Å². The van der Waals surface area contributed by atoms with Gasteiger partial charge in [0.25, 0.3) is 0 Å². The molecule has 0 aliphatic carbocycles. The summed E-state index contributed by atoms with van der Waals surface area (Å²) in [5.74, 6) is -1.27. The highest BCUT2D eigenvalue weighted by Gasteiger charge is 2.32. The summed E-state index contributed by atoms with van der Waals surface area (Å²) in [4.78, 5) is 14.4. The molecule has 5 N–H and O–H groups in total. The molecule has 18 heteroatoms. The van der Waals surface area contributed by atoms with Gasteiger partial charge in [0.15, 0.2) is 17.1 Å². The molecule has 0 bridgehead atoms. The number of thioether (sulfide) groups is 1. The zero-order chi connectivity index (χ0) is 25.3. The fourth-order valence-corrected chi connectivity index (χ4v) is 2.76. The maximum atomic E-state index is 12.7. The number of hydrogen-bond donors (Lipinski definition) is 3. The number of rotatable bonds is 9. The molecule has 0 saturated heterocycles. The van der Waals surface area contributed by atoms with Gasteiger partial charge in [-0.3, -0.25) is 0 Å². The van der Waals surface area contributed by atoms with Crippen LogP contribution in [0.2, 0.25) is 0 Å². The molecule has 8 nitrogen and oxygen atoms in total. The molecule has 33 heavy (non-hydrogen) atoms. The van der Waals surface area contributed by atoms with E-state index in [4.69, 9.17) is 11.5 Å². The third-order valence-corrected chi connectivity index (χ3v) is 4.18. The van der Waals surface area contributed by atoms with Crippen molar-refractivity contribution in [3.63, 3.8) is 0 Å². The van der Waals surface area contributed by atoms with E-state index >= 15 is 0 Å². The van der Waals surface area contributed by atoms with Crippen LogP contribution in [0.4, 0.5) is 45.3 Å². The average molecular weight is 514 g/mol. The van der Waals surface area contributed by atoms with Crippen molar-refractivity contribution < 1.29 is 39.5 Å². The SMILES string of the molecule is NC(=NCC(F)(F)F)Nc1ccnc(SCCCN(CC(F)(F)F)C(N)=NCC(F)(F)F)n1. The second-order valence-electron chi connectivity index (χ2n) is 6.19. The molecule has 1 rings (SSSR count). The van der Waals surface area contributed by atoms with Gasteiger partial charge >= 0.3 is 18.5 Å². The second-order valence-corrected chi connectivity index (χ2v) is 7.26. The van der Waals surface area contributed by atoms with Crippen LogP contribution in [0.25, 0.3) is 0 Å². The lowest BCUT2D eigenvalue weighted by molar-refractivity contribution is -0.138. The van der Waals surface area contributed by atoms with E-state index in [1.54, 1.807) is 0 Å². The van der Waals surface area contributed by atoms with E-state index in [0.717, 1.165) is 11.8 Å².